The molecule has 0 unspecified atom stereocenters. The molecule has 4 nitrogen and oxygen atoms in total. The fraction of sp³-hybridized carbons (Fsp3) is 0.294. The van der Waals surface area contributed by atoms with Gasteiger partial charge in [-0.3, -0.25) is 0 Å². The van der Waals surface area contributed by atoms with E-state index in [-0.39, 0.29) is 33.8 Å². The molecule has 134 valence electrons. The number of benzene rings is 2. The van der Waals surface area contributed by atoms with Crippen molar-refractivity contribution in [3.05, 3.63) is 57.3 Å². The van der Waals surface area contributed by atoms with Crippen molar-refractivity contribution in [2.45, 2.75) is 30.3 Å². The first-order valence-corrected chi connectivity index (χ1v) is 10.2. The number of ether oxygens (including phenoxy) is 1. The Hall–Kier alpha value is -1.15. The van der Waals surface area contributed by atoms with Gasteiger partial charge in [0.15, 0.2) is 0 Å². The molecule has 25 heavy (non-hydrogen) atoms. The Bertz CT molecular complexity index is 883. The van der Waals surface area contributed by atoms with Gasteiger partial charge >= 0.3 is 0 Å². The third-order valence-electron chi connectivity index (χ3n) is 4.04. The zero-order valence-electron chi connectivity index (χ0n) is 13.4. The van der Waals surface area contributed by atoms with Gasteiger partial charge in [0.25, 0.3) is 0 Å². The van der Waals surface area contributed by atoms with Crippen molar-refractivity contribution in [2.24, 2.45) is 0 Å². The number of methoxy groups -OCH3 is 1. The Morgan fingerprint density at radius 3 is 2.64 bits per heavy atom. The van der Waals surface area contributed by atoms with Crippen molar-refractivity contribution < 1.29 is 17.5 Å². The fourth-order valence-electron chi connectivity index (χ4n) is 2.59. The van der Waals surface area contributed by atoms with Crippen LogP contribution in [0, 0.1) is 5.82 Å². The topological polar surface area (TPSA) is 46.6 Å². The van der Waals surface area contributed by atoms with Gasteiger partial charge in [0.05, 0.1) is 7.11 Å². The predicted octanol–water partition coefficient (Wildman–Crippen LogP) is 4.60. The van der Waals surface area contributed by atoms with Crippen LogP contribution in [-0.2, 0) is 16.6 Å². The largest absolute Gasteiger partial charge is 0.495 e. The molecule has 0 spiro atoms. The molecule has 2 aromatic carbocycles. The molecule has 1 fully saturated rings. The van der Waals surface area contributed by atoms with Crippen LogP contribution in [0.1, 0.15) is 18.4 Å². The van der Waals surface area contributed by atoms with E-state index in [2.05, 4.69) is 15.9 Å². The monoisotopic (exact) mass is 447 g/mol. The Kier molecular flexibility index (Phi) is 5.39. The van der Waals surface area contributed by atoms with Crippen LogP contribution in [0.3, 0.4) is 0 Å². The summed E-state index contributed by atoms with van der Waals surface area (Å²) < 4.78 is 47.8. The number of nitrogens with zero attached hydrogens (tertiary/aromatic N) is 1. The fourth-order valence-corrected chi connectivity index (χ4v) is 5.16. The van der Waals surface area contributed by atoms with E-state index in [9.17, 15) is 12.8 Å². The summed E-state index contributed by atoms with van der Waals surface area (Å²) in [6, 6.07) is 8.94. The maximum absolute atomic E-state index is 14.2. The third-order valence-corrected chi connectivity index (χ3v) is 6.81. The second-order valence-electron chi connectivity index (χ2n) is 5.78. The van der Waals surface area contributed by atoms with Crippen LogP contribution in [0.2, 0.25) is 5.02 Å². The van der Waals surface area contributed by atoms with E-state index in [0.717, 1.165) is 12.8 Å². The molecular weight excluding hydrogens is 433 g/mol. The summed E-state index contributed by atoms with van der Waals surface area (Å²) in [6.07, 6.45) is 1.48. The zero-order chi connectivity index (χ0) is 18.2. The normalized spacial score (nSPS) is 14.8. The molecule has 3 rings (SSSR count). The molecule has 1 saturated carbocycles. The van der Waals surface area contributed by atoms with E-state index in [0.29, 0.717) is 4.47 Å². The average Bonchev–Trinajstić information content (AvgIpc) is 3.39. The van der Waals surface area contributed by atoms with Crippen LogP contribution in [0.4, 0.5) is 4.39 Å². The van der Waals surface area contributed by atoms with Gasteiger partial charge in [-0.05, 0) is 43.2 Å². The van der Waals surface area contributed by atoms with Gasteiger partial charge in [0.2, 0.25) is 10.0 Å². The summed E-state index contributed by atoms with van der Waals surface area (Å²) in [7, 11) is -2.47. The minimum atomic E-state index is -3.88. The van der Waals surface area contributed by atoms with E-state index in [1.165, 1.54) is 29.6 Å². The Balaban J connectivity index is 2.05. The van der Waals surface area contributed by atoms with E-state index < -0.39 is 15.8 Å². The maximum Gasteiger partial charge on any atom is 0.247 e. The van der Waals surface area contributed by atoms with Crippen LogP contribution in [0.15, 0.2) is 45.8 Å². The molecule has 0 N–H and O–H groups in total. The average molecular weight is 449 g/mol. The smallest absolute Gasteiger partial charge is 0.247 e. The number of hydrogen-bond acceptors (Lipinski definition) is 3. The number of sulfonamides is 1. The first-order valence-electron chi connectivity index (χ1n) is 7.63. The van der Waals surface area contributed by atoms with Gasteiger partial charge in [0, 0.05) is 27.6 Å². The van der Waals surface area contributed by atoms with Crippen LogP contribution in [-0.4, -0.2) is 25.9 Å². The Labute approximate surface area is 159 Å². The lowest BCUT2D eigenvalue weighted by Gasteiger charge is -2.24. The molecule has 8 heteroatoms. The minimum absolute atomic E-state index is 0.0451. The molecule has 0 heterocycles. The first kappa shape index (κ1) is 18.6. The Morgan fingerprint density at radius 2 is 2.04 bits per heavy atom. The van der Waals surface area contributed by atoms with Crippen LogP contribution >= 0.6 is 27.5 Å². The predicted molar refractivity (Wildman–Crippen MR) is 97.9 cm³/mol. The summed E-state index contributed by atoms with van der Waals surface area (Å²) in [5.41, 5.74) is 0.175. The number of halogens is 3. The van der Waals surface area contributed by atoms with Gasteiger partial charge in [0.1, 0.15) is 16.5 Å². The summed E-state index contributed by atoms with van der Waals surface area (Å²) in [5, 5.41) is 0.210. The van der Waals surface area contributed by atoms with E-state index in [1.54, 1.807) is 18.2 Å². The summed E-state index contributed by atoms with van der Waals surface area (Å²) in [5.74, 6) is -0.275. The van der Waals surface area contributed by atoms with E-state index in [4.69, 9.17) is 16.3 Å². The molecule has 2 aromatic rings. The highest BCUT2D eigenvalue weighted by atomic mass is 79.9. The van der Waals surface area contributed by atoms with Crippen molar-refractivity contribution in [3.63, 3.8) is 0 Å². The van der Waals surface area contributed by atoms with Crippen LogP contribution < -0.4 is 4.74 Å². The highest BCUT2D eigenvalue weighted by Gasteiger charge is 2.40. The highest BCUT2D eigenvalue weighted by molar-refractivity contribution is 9.10. The highest BCUT2D eigenvalue weighted by Crippen LogP contribution is 2.38. The van der Waals surface area contributed by atoms with Gasteiger partial charge in [-0.25, -0.2) is 12.8 Å². The van der Waals surface area contributed by atoms with E-state index in [1.807, 2.05) is 0 Å². The van der Waals surface area contributed by atoms with Crippen molar-refractivity contribution in [1.29, 1.82) is 0 Å². The zero-order valence-corrected chi connectivity index (χ0v) is 16.5. The van der Waals surface area contributed by atoms with Crippen molar-refractivity contribution in [1.82, 2.24) is 4.31 Å². The second kappa shape index (κ2) is 7.23. The molecule has 1 aliphatic rings. The summed E-state index contributed by atoms with van der Waals surface area (Å²) in [4.78, 5) is 0.0451. The maximum atomic E-state index is 14.2. The second-order valence-corrected chi connectivity index (χ2v) is 8.96. The van der Waals surface area contributed by atoms with Gasteiger partial charge in [-0.2, -0.15) is 4.31 Å². The SMILES string of the molecule is COc1ccc(Br)cc1S(=O)(=O)N(Cc1c(F)cccc1Cl)C1CC1. The molecule has 0 radical (unpaired) electrons. The summed E-state index contributed by atoms with van der Waals surface area (Å²) >= 11 is 9.38. The van der Waals surface area contributed by atoms with Crippen molar-refractivity contribution in [2.75, 3.05) is 7.11 Å². The molecule has 0 atom stereocenters. The lowest BCUT2D eigenvalue weighted by Crippen LogP contribution is -2.33. The lowest BCUT2D eigenvalue weighted by atomic mass is 10.2. The molecule has 0 bridgehead atoms. The van der Waals surface area contributed by atoms with Gasteiger partial charge < -0.3 is 4.74 Å². The Morgan fingerprint density at radius 1 is 1.32 bits per heavy atom. The lowest BCUT2D eigenvalue weighted by molar-refractivity contribution is 0.378. The molecule has 0 aliphatic heterocycles. The molecule has 1 aliphatic carbocycles. The molecular formula is C17H16BrClFNO3S. The van der Waals surface area contributed by atoms with Crippen molar-refractivity contribution in [3.8, 4) is 5.75 Å². The van der Waals surface area contributed by atoms with Crippen molar-refractivity contribution >= 4 is 37.6 Å². The molecule has 0 aromatic heterocycles. The standard InChI is InChI=1S/C17H16BrClFNO3S/c1-24-16-8-5-11(18)9-17(16)25(22,23)21(12-6-7-12)10-13-14(19)3-2-4-15(13)20/h2-5,8-9,12H,6-7,10H2,1H3. The number of hydrogen-bond donors (Lipinski definition) is 0. The molecule has 0 saturated heterocycles. The first-order chi connectivity index (χ1) is 11.8. The van der Waals surface area contributed by atoms with E-state index >= 15 is 0 Å². The quantitative estimate of drug-likeness (QED) is 0.649. The van der Waals surface area contributed by atoms with Crippen LogP contribution in [0.5, 0.6) is 5.75 Å². The third kappa shape index (κ3) is 3.84. The molecule has 0 amide bonds. The number of rotatable bonds is 6. The summed E-state index contributed by atoms with van der Waals surface area (Å²) in [6.45, 7) is -0.117. The van der Waals surface area contributed by atoms with Gasteiger partial charge in [-0.1, -0.05) is 33.6 Å². The minimum Gasteiger partial charge on any atom is -0.495 e. The van der Waals surface area contributed by atoms with Crippen LogP contribution in [0.25, 0.3) is 0 Å². The van der Waals surface area contributed by atoms with Gasteiger partial charge in [-0.15, -0.1) is 0 Å².